The lowest BCUT2D eigenvalue weighted by Gasteiger charge is -2.39. The standard InChI is InChI=1S/C16H20N4O2S/c1-3-22-14-6-4-12(5-7-14)8-15(21)17-13-9-20(10-13)16-19-18-11(2)23-16/h4-7,13H,3,8-10H2,1-2H3,(H,17,21). The minimum atomic E-state index is 0.0484. The van der Waals surface area contributed by atoms with Crippen LogP contribution in [-0.2, 0) is 11.2 Å². The summed E-state index contributed by atoms with van der Waals surface area (Å²) in [5.41, 5.74) is 0.988. The molecular weight excluding hydrogens is 312 g/mol. The summed E-state index contributed by atoms with van der Waals surface area (Å²) in [4.78, 5) is 14.2. The number of ether oxygens (including phenoxy) is 1. The number of nitrogens with zero attached hydrogens (tertiary/aromatic N) is 3. The van der Waals surface area contributed by atoms with E-state index in [0.29, 0.717) is 13.0 Å². The van der Waals surface area contributed by atoms with Crippen molar-refractivity contribution in [2.75, 3.05) is 24.6 Å². The van der Waals surface area contributed by atoms with E-state index in [4.69, 9.17) is 4.74 Å². The van der Waals surface area contributed by atoms with Gasteiger partial charge < -0.3 is 15.0 Å². The first-order valence-electron chi connectivity index (χ1n) is 7.70. The van der Waals surface area contributed by atoms with Crippen molar-refractivity contribution in [1.29, 1.82) is 0 Å². The van der Waals surface area contributed by atoms with Crippen LogP contribution in [-0.4, -0.2) is 41.8 Å². The van der Waals surface area contributed by atoms with Crippen LogP contribution in [0.2, 0.25) is 0 Å². The third-order valence-electron chi connectivity index (χ3n) is 3.63. The molecule has 23 heavy (non-hydrogen) atoms. The monoisotopic (exact) mass is 332 g/mol. The SMILES string of the molecule is CCOc1ccc(CC(=O)NC2CN(c3nnc(C)s3)C2)cc1. The molecule has 2 aromatic rings. The zero-order chi connectivity index (χ0) is 16.2. The Kier molecular flexibility index (Phi) is 4.76. The van der Waals surface area contributed by atoms with E-state index in [1.807, 2.05) is 38.1 Å². The number of benzene rings is 1. The molecule has 0 saturated carbocycles. The second kappa shape index (κ2) is 6.95. The molecule has 1 N–H and O–H groups in total. The van der Waals surface area contributed by atoms with Crippen LogP contribution in [0.5, 0.6) is 5.75 Å². The average Bonchev–Trinajstić information content (AvgIpc) is 2.91. The zero-order valence-corrected chi connectivity index (χ0v) is 14.1. The smallest absolute Gasteiger partial charge is 0.224 e. The number of carbonyl (C=O) groups excluding carboxylic acids is 1. The van der Waals surface area contributed by atoms with Gasteiger partial charge in [0.15, 0.2) is 0 Å². The highest BCUT2D eigenvalue weighted by Gasteiger charge is 2.30. The lowest BCUT2D eigenvalue weighted by molar-refractivity contribution is -0.121. The molecule has 1 fully saturated rings. The van der Waals surface area contributed by atoms with Crippen molar-refractivity contribution >= 4 is 22.4 Å². The van der Waals surface area contributed by atoms with E-state index in [2.05, 4.69) is 20.4 Å². The molecule has 2 heterocycles. The molecule has 122 valence electrons. The molecule has 1 aromatic carbocycles. The summed E-state index contributed by atoms with van der Waals surface area (Å²) in [5.74, 6) is 0.880. The van der Waals surface area contributed by atoms with Crippen molar-refractivity contribution in [2.24, 2.45) is 0 Å². The van der Waals surface area contributed by atoms with Gasteiger partial charge in [0.2, 0.25) is 11.0 Å². The third-order valence-corrected chi connectivity index (χ3v) is 4.53. The Morgan fingerprint density at radius 1 is 1.35 bits per heavy atom. The van der Waals surface area contributed by atoms with Gasteiger partial charge in [-0.05, 0) is 31.5 Å². The summed E-state index contributed by atoms with van der Waals surface area (Å²) >= 11 is 1.58. The second-order valence-electron chi connectivity index (χ2n) is 5.53. The van der Waals surface area contributed by atoms with Gasteiger partial charge in [-0.15, -0.1) is 10.2 Å². The molecule has 1 aromatic heterocycles. The van der Waals surface area contributed by atoms with Gasteiger partial charge in [0.1, 0.15) is 10.8 Å². The Morgan fingerprint density at radius 2 is 2.09 bits per heavy atom. The van der Waals surface area contributed by atoms with E-state index in [1.54, 1.807) is 11.3 Å². The number of hydrogen-bond acceptors (Lipinski definition) is 6. The maximum Gasteiger partial charge on any atom is 0.224 e. The molecule has 0 unspecified atom stereocenters. The summed E-state index contributed by atoms with van der Waals surface area (Å²) in [6.45, 7) is 6.13. The second-order valence-corrected chi connectivity index (χ2v) is 6.69. The first-order chi connectivity index (χ1) is 11.1. The van der Waals surface area contributed by atoms with Gasteiger partial charge in [0, 0.05) is 13.1 Å². The molecule has 0 atom stereocenters. The minimum absolute atomic E-state index is 0.0484. The molecule has 1 amide bonds. The number of hydrogen-bond donors (Lipinski definition) is 1. The molecule has 1 aliphatic rings. The third kappa shape index (κ3) is 3.98. The summed E-state index contributed by atoms with van der Waals surface area (Å²) in [7, 11) is 0. The molecule has 0 spiro atoms. The van der Waals surface area contributed by atoms with E-state index in [9.17, 15) is 4.79 Å². The van der Waals surface area contributed by atoms with Crippen LogP contribution < -0.4 is 15.0 Å². The van der Waals surface area contributed by atoms with Crippen molar-refractivity contribution in [1.82, 2.24) is 15.5 Å². The van der Waals surface area contributed by atoms with Crippen LogP contribution >= 0.6 is 11.3 Å². The lowest BCUT2D eigenvalue weighted by Crippen LogP contribution is -2.59. The number of nitrogens with one attached hydrogen (secondary N) is 1. The van der Waals surface area contributed by atoms with E-state index in [-0.39, 0.29) is 11.9 Å². The number of carbonyl (C=O) groups is 1. The Labute approximate surface area is 139 Å². The van der Waals surface area contributed by atoms with Gasteiger partial charge >= 0.3 is 0 Å². The van der Waals surface area contributed by atoms with Crippen LogP contribution in [0.3, 0.4) is 0 Å². The van der Waals surface area contributed by atoms with Crippen LogP contribution in [0.1, 0.15) is 17.5 Å². The van der Waals surface area contributed by atoms with Gasteiger partial charge in [-0.1, -0.05) is 23.5 Å². The molecule has 1 saturated heterocycles. The van der Waals surface area contributed by atoms with Gasteiger partial charge in [-0.3, -0.25) is 4.79 Å². The predicted octanol–water partition coefficient (Wildman–Crippen LogP) is 1.79. The van der Waals surface area contributed by atoms with Crippen molar-refractivity contribution in [3.05, 3.63) is 34.8 Å². The molecule has 0 radical (unpaired) electrons. The fourth-order valence-corrected chi connectivity index (χ4v) is 3.18. The maximum atomic E-state index is 12.1. The predicted molar refractivity (Wildman–Crippen MR) is 90.1 cm³/mol. The number of rotatable bonds is 6. The van der Waals surface area contributed by atoms with Gasteiger partial charge in [0.25, 0.3) is 0 Å². The number of aromatic nitrogens is 2. The largest absolute Gasteiger partial charge is 0.494 e. The Morgan fingerprint density at radius 3 is 2.70 bits per heavy atom. The summed E-state index contributed by atoms with van der Waals surface area (Å²) in [6.07, 6.45) is 0.390. The van der Waals surface area contributed by atoms with Gasteiger partial charge in [-0.25, -0.2) is 0 Å². The Bertz CT molecular complexity index is 665. The molecule has 6 nitrogen and oxygen atoms in total. The Balaban J connectivity index is 1.43. The molecule has 3 rings (SSSR count). The summed E-state index contributed by atoms with van der Waals surface area (Å²) in [6, 6.07) is 7.85. The first-order valence-corrected chi connectivity index (χ1v) is 8.52. The highest BCUT2D eigenvalue weighted by atomic mass is 32.1. The average molecular weight is 332 g/mol. The van der Waals surface area contributed by atoms with Crippen molar-refractivity contribution in [2.45, 2.75) is 26.3 Å². The van der Waals surface area contributed by atoms with Crippen LogP contribution in [0.15, 0.2) is 24.3 Å². The van der Waals surface area contributed by atoms with E-state index in [0.717, 1.165) is 34.5 Å². The minimum Gasteiger partial charge on any atom is -0.494 e. The number of anilines is 1. The fourth-order valence-electron chi connectivity index (χ4n) is 2.47. The summed E-state index contributed by atoms with van der Waals surface area (Å²) < 4.78 is 5.40. The first kappa shape index (κ1) is 15.7. The van der Waals surface area contributed by atoms with Crippen molar-refractivity contribution in [3.63, 3.8) is 0 Å². The highest BCUT2D eigenvalue weighted by molar-refractivity contribution is 7.15. The molecule has 1 aliphatic heterocycles. The maximum absolute atomic E-state index is 12.1. The normalized spacial score (nSPS) is 14.4. The number of amides is 1. The van der Waals surface area contributed by atoms with Crippen LogP contribution in [0.25, 0.3) is 0 Å². The van der Waals surface area contributed by atoms with E-state index < -0.39 is 0 Å². The topological polar surface area (TPSA) is 67.3 Å². The van der Waals surface area contributed by atoms with E-state index >= 15 is 0 Å². The zero-order valence-electron chi connectivity index (χ0n) is 13.3. The molecule has 7 heteroatoms. The Hall–Kier alpha value is -2.15. The quantitative estimate of drug-likeness (QED) is 0.873. The van der Waals surface area contributed by atoms with Crippen LogP contribution in [0, 0.1) is 6.92 Å². The highest BCUT2D eigenvalue weighted by Crippen LogP contribution is 2.24. The van der Waals surface area contributed by atoms with Crippen LogP contribution in [0.4, 0.5) is 5.13 Å². The van der Waals surface area contributed by atoms with Crippen molar-refractivity contribution < 1.29 is 9.53 Å². The van der Waals surface area contributed by atoms with Gasteiger partial charge in [0.05, 0.1) is 19.1 Å². The molecular formula is C16H20N4O2S. The van der Waals surface area contributed by atoms with Gasteiger partial charge in [-0.2, -0.15) is 0 Å². The van der Waals surface area contributed by atoms with Crippen molar-refractivity contribution in [3.8, 4) is 5.75 Å². The lowest BCUT2D eigenvalue weighted by atomic mass is 10.1. The molecule has 0 aliphatic carbocycles. The molecule has 0 bridgehead atoms. The van der Waals surface area contributed by atoms with E-state index in [1.165, 1.54) is 0 Å². The number of aryl methyl sites for hydroxylation is 1. The summed E-state index contributed by atoms with van der Waals surface area (Å²) in [5, 5.41) is 13.1. The fraction of sp³-hybridized carbons (Fsp3) is 0.438.